The lowest BCUT2D eigenvalue weighted by molar-refractivity contribution is 0.468. The van der Waals surface area contributed by atoms with Crippen LogP contribution in [0.25, 0.3) is 0 Å². The molecule has 1 aromatic carbocycles. The van der Waals surface area contributed by atoms with E-state index in [4.69, 9.17) is 0 Å². The molecule has 0 aromatic heterocycles. The third-order valence-corrected chi connectivity index (χ3v) is 4.15. The summed E-state index contributed by atoms with van der Waals surface area (Å²) in [6.45, 7) is 6.37. The lowest BCUT2D eigenvalue weighted by Gasteiger charge is -2.17. The zero-order valence-corrected chi connectivity index (χ0v) is 9.50. The Labute approximate surface area is 81.0 Å². The second-order valence-corrected chi connectivity index (χ2v) is 6.30. The standard InChI is InChI=1S/C11H17OP/c1-11(2,3)9-13(12)10-7-5-4-6-8-10/h4-8,13H,9H2,1-3H3. The fraction of sp³-hybridized carbons (Fsp3) is 0.455. The van der Waals surface area contributed by atoms with Gasteiger partial charge in [-0.25, -0.2) is 0 Å². The van der Waals surface area contributed by atoms with E-state index in [1.165, 1.54) is 0 Å². The number of hydrogen-bond acceptors (Lipinski definition) is 1. The molecule has 0 saturated carbocycles. The maximum atomic E-state index is 11.8. The van der Waals surface area contributed by atoms with Crippen molar-refractivity contribution in [2.75, 3.05) is 6.16 Å². The lowest BCUT2D eigenvalue weighted by atomic mass is 10.0. The van der Waals surface area contributed by atoms with Gasteiger partial charge in [0.15, 0.2) is 0 Å². The highest BCUT2D eigenvalue weighted by molar-refractivity contribution is 7.53. The highest BCUT2D eigenvalue weighted by Crippen LogP contribution is 2.29. The van der Waals surface area contributed by atoms with Crippen molar-refractivity contribution >= 4 is 13.1 Å². The van der Waals surface area contributed by atoms with E-state index in [0.29, 0.717) is 0 Å². The van der Waals surface area contributed by atoms with Crippen molar-refractivity contribution in [2.24, 2.45) is 5.41 Å². The van der Waals surface area contributed by atoms with Crippen LogP contribution in [-0.2, 0) is 4.57 Å². The smallest absolute Gasteiger partial charge is 0.104 e. The van der Waals surface area contributed by atoms with Gasteiger partial charge in [0.25, 0.3) is 0 Å². The average molecular weight is 196 g/mol. The summed E-state index contributed by atoms with van der Waals surface area (Å²) in [5.74, 6) is 0. The minimum absolute atomic E-state index is 0.159. The molecule has 1 aromatic rings. The van der Waals surface area contributed by atoms with Gasteiger partial charge in [0.2, 0.25) is 0 Å². The van der Waals surface area contributed by atoms with E-state index in [1.54, 1.807) is 0 Å². The molecule has 1 unspecified atom stereocenters. The van der Waals surface area contributed by atoms with Crippen molar-refractivity contribution < 1.29 is 4.57 Å². The van der Waals surface area contributed by atoms with Gasteiger partial charge in [0, 0.05) is 11.5 Å². The van der Waals surface area contributed by atoms with Crippen LogP contribution in [-0.4, -0.2) is 6.16 Å². The van der Waals surface area contributed by atoms with Crippen LogP contribution in [0, 0.1) is 5.41 Å². The second-order valence-electron chi connectivity index (χ2n) is 4.53. The van der Waals surface area contributed by atoms with Crippen LogP contribution < -0.4 is 5.30 Å². The van der Waals surface area contributed by atoms with Crippen LogP contribution in [0.2, 0.25) is 0 Å². The van der Waals surface area contributed by atoms with Crippen molar-refractivity contribution in [3.8, 4) is 0 Å². The Balaban J connectivity index is 2.71. The first-order chi connectivity index (χ1) is 5.99. The van der Waals surface area contributed by atoms with E-state index in [0.717, 1.165) is 11.5 Å². The number of rotatable bonds is 2. The van der Waals surface area contributed by atoms with Crippen LogP contribution in [0.3, 0.4) is 0 Å². The molecule has 0 aliphatic carbocycles. The summed E-state index contributed by atoms with van der Waals surface area (Å²) in [6, 6.07) is 9.75. The zero-order valence-electron chi connectivity index (χ0n) is 8.50. The Morgan fingerprint density at radius 3 is 2.15 bits per heavy atom. The second kappa shape index (κ2) is 4.11. The first-order valence-corrected chi connectivity index (χ1v) is 6.19. The van der Waals surface area contributed by atoms with Gasteiger partial charge in [0.1, 0.15) is 7.80 Å². The van der Waals surface area contributed by atoms with E-state index >= 15 is 0 Å². The van der Waals surface area contributed by atoms with E-state index in [9.17, 15) is 4.57 Å². The molecule has 1 atom stereocenters. The molecule has 0 amide bonds. The maximum absolute atomic E-state index is 11.8. The summed E-state index contributed by atoms with van der Waals surface area (Å²) in [7, 11) is -1.57. The van der Waals surface area contributed by atoms with E-state index in [-0.39, 0.29) is 5.41 Å². The van der Waals surface area contributed by atoms with Crippen LogP contribution in [0.4, 0.5) is 0 Å². The Morgan fingerprint density at radius 2 is 1.69 bits per heavy atom. The molecule has 13 heavy (non-hydrogen) atoms. The summed E-state index contributed by atoms with van der Waals surface area (Å²) >= 11 is 0. The molecule has 0 bridgehead atoms. The number of benzene rings is 1. The maximum Gasteiger partial charge on any atom is 0.104 e. The fourth-order valence-electron chi connectivity index (χ4n) is 1.21. The molecular weight excluding hydrogens is 179 g/mol. The lowest BCUT2D eigenvalue weighted by Crippen LogP contribution is -2.11. The van der Waals surface area contributed by atoms with Gasteiger partial charge in [-0.15, -0.1) is 0 Å². The molecule has 0 radical (unpaired) electrons. The molecule has 0 saturated heterocycles. The molecule has 72 valence electrons. The Morgan fingerprint density at radius 1 is 1.15 bits per heavy atom. The molecule has 1 nitrogen and oxygen atoms in total. The van der Waals surface area contributed by atoms with E-state index in [1.807, 2.05) is 30.3 Å². The third-order valence-electron chi connectivity index (χ3n) is 1.79. The quantitative estimate of drug-likeness (QED) is 0.665. The van der Waals surface area contributed by atoms with Crippen LogP contribution in [0.15, 0.2) is 30.3 Å². The highest BCUT2D eigenvalue weighted by Gasteiger charge is 2.15. The summed E-state index contributed by atoms with van der Waals surface area (Å²) < 4.78 is 11.8. The monoisotopic (exact) mass is 196 g/mol. The Kier molecular flexibility index (Phi) is 3.33. The first kappa shape index (κ1) is 10.5. The van der Waals surface area contributed by atoms with Gasteiger partial charge in [0.05, 0.1) is 0 Å². The van der Waals surface area contributed by atoms with Gasteiger partial charge < -0.3 is 4.57 Å². The van der Waals surface area contributed by atoms with Crippen molar-refractivity contribution in [1.82, 2.24) is 0 Å². The van der Waals surface area contributed by atoms with Crippen LogP contribution in [0.5, 0.6) is 0 Å². The molecule has 0 aliphatic heterocycles. The van der Waals surface area contributed by atoms with Gasteiger partial charge in [-0.2, -0.15) is 0 Å². The SMILES string of the molecule is CC(C)(C)C[PH](=O)c1ccccc1. The zero-order chi connectivity index (χ0) is 9.90. The minimum atomic E-state index is -1.57. The molecule has 0 spiro atoms. The molecule has 0 fully saturated rings. The minimum Gasteiger partial charge on any atom is -0.322 e. The van der Waals surface area contributed by atoms with E-state index < -0.39 is 7.80 Å². The van der Waals surface area contributed by atoms with Gasteiger partial charge in [-0.05, 0) is 5.41 Å². The first-order valence-electron chi connectivity index (χ1n) is 4.57. The van der Waals surface area contributed by atoms with E-state index in [2.05, 4.69) is 20.8 Å². The highest BCUT2D eigenvalue weighted by atomic mass is 31.1. The van der Waals surface area contributed by atoms with Crippen molar-refractivity contribution in [3.63, 3.8) is 0 Å². The van der Waals surface area contributed by atoms with Crippen LogP contribution in [0.1, 0.15) is 20.8 Å². The molecule has 1 rings (SSSR count). The fourth-order valence-corrected chi connectivity index (χ4v) is 2.94. The normalized spacial score (nSPS) is 14.1. The molecule has 0 heterocycles. The largest absolute Gasteiger partial charge is 0.322 e. The molecule has 0 N–H and O–H groups in total. The third kappa shape index (κ3) is 3.78. The van der Waals surface area contributed by atoms with Crippen molar-refractivity contribution in [3.05, 3.63) is 30.3 Å². The predicted octanol–water partition coefficient (Wildman–Crippen LogP) is 2.92. The van der Waals surface area contributed by atoms with Crippen LogP contribution >= 0.6 is 7.80 Å². The Hall–Kier alpha value is -0.550. The summed E-state index contributed by atoms with van der Waals surface area (Å²) in [6.07, 6.45) is 0.793. The van der Waals surface area contributed by atoms with Crippen molar-refractivity contribution in [1.29, 1.82) is 0 Å². The molecule has 2 heteroatoms. The number of hydrogen-bond donors (Lipinski definition) is 0. The topological polar surface area (TPSA) is 17.1 Å². The molecule has 0 aliphatic rings. The summed E-state index contributed by atoms with van der Waals surface area (Å²) in [5, 5.41) is 1.00. The predicted molar refractivity (Wildman–Crippen MR) is 59.4 cm³/mol. The average Bonchev–Trinajstić information content (AvgIpc) is 2.03. The van der Waals surface area contributed by atoms with Gasteiger partial charge >= 0.3 is 0 Å². The van der Waals surface area contributed by atoms with Gasteiger partial charge in [-0.1, -0.05) is 51.1 Å². The Bertz CT molecular complexity index is 285. The summed E-state index contributed by atoms with van der Waals surface area (Å²) in [4.78, 5) is 0. The van der Waals surface area contributed by atoms with Gasteiger partial charge in [-0.3, -0.25) is 0 Å². The van der Waals surface area contributed by atoms with Crippen molar-refractivity contribution in [2.45, 2.75) is 20.8 Å². The molecular formula is C11H17OP. The summed E-state index contributed by atoms with van der Waals surface area (Å²) in [5.41, 5.74) is 0.159.